The molecule has 0 aliphatic heterocycles. The molecule has 100 valence electrons. The van der Waals surface area contributed by atoms with Crippen molar-refractivity contribution in [1.29, 1.82) is 0 Å². The Kier molecular flexibility index (Phi) is 4.22. The molecule has 5 heteroatoms. The number of nitrogens with one attached hydrogen (secondary N) is 1. The highest BCUT2D eigenvalue weighted by Gasteiger charge is 2.26. The molecule has 2 N–H and O–H groups in total. The number of carbonyl (C=O) groups is 2. The van der Waals surface area contributed by atoms with Crippen LogP contribution in [0, 0.1) is 5.92 Å². The van der Waals surface area contributed by atoms with Crippen LogP contribution in [0.15, 0.2) is 36.4 Å². The van der Waals surface area contributed by atoms with Crippen LogP contribution in [0.5, 0.6) is 0 Å². The summed E-state index contributed by atoms with van der Waals surface area (Å²) in [6.45, 7) is 0. The van der Waals surface area contributed by atoms with E-state index in [4.69, 9.17) is 11.6 Å². The van der Waals surface area contributed by atoms with Crippen molar-refractivity contribution in [3.8, 4) is 0 Å². The number of carbonyl (C=O) groups excluding carboxylic acids is 1. The Morgan fingerprint density at radius 3 is 2.32 bits per heavy atom. The van der Waals surface area contributed by atoms with Gasteiger partial charge in [-0.15, -0.1) is 0 Å². The molecule has 1 unspecified atom stereocenters. The monoisotopic (exact) mass is 279 g/mol. The number of aliphatic carboxylic acids is 1. The largest absolute Gasteiger partial charge is 0.479 e. The number of amides is 1. The lowest BCUT2D eigenvalue weighted by Crippen LogP contribution is -2.37. The van der Waals surface area contributed by atoms with E-state index >= 15 is 0 Å². The molecule has 0 heterocycles. The van der Waals surface area contributed by atoms with Crippen LogP contribution < -0.4 is 5.32 Å². The lowest BCUT2D eigenvalue weighted by Gasteiger charge is -2.17. The minimum Gasteiger partial charge on any atom is -0.479 e. The van der Waals surface area contributed by atoms with Crippen LogP contribution in [-0.2, 0) is 9.59 Å². The van der Waals surface area contributed by atoms with E-state index in [2.05, 4.69) is 5.32 Å². The van der Waals surface area contributed by atoms with Crippen LogP contribution in [0.4, 0.5) is 0 Å². The zero-order valence-corrected chi connectivity index (χ0v) is 10.9. The number of hydrogen-bond donors (Lipinski definition) is 2. The molecule has 1 aliphatic carbocycles. The van der Waals surface area contributed by atoms with Crippen molar-refractivity contribution in [2.75, 3.05) is 0 Å². The third-order valence-corrected chi connectivity index (χ3v) is 3.37. The van der Waals surface area contributed by atoms with E-state index in [1.54, 1.807) is 24.3 Å². The Hall–Kier alpha value is -1.81. The van der Waals surface area contributed by atoms with Crippen molar-refractivity contribution in [3.63, 3.8) is 0 Å². The van der Waals surface area contributed by atoms with Gasteiger partial charge in [0.05, 0.1) is 0 Å². The summed E-state index contributed by atoms with van der Waals surface area (Å²) in [4.78, 5) is 23.2. The van der Waals surface area contributed by atoms with Gasteiger partial charge in [-0.25, -0.2) is 4.79 Å². The highest BCUT2D eigenvalue weighted by Crippen LogP contribution is 2.21. The second kappa shape index (κ2) is 5.89. The molecular formula is C14H14ClNO3. The number of carboxylic acids is 1. The maximum Gasteiger partial charge on any atom is 0.330 e. The van der Waals surface area contributed by atoms with E-state index in [1.807, 2.05) is 12.2 Å². The second-order valence-electron chi connectivity index (χ2n) is 4.47. The van der Waals surface area contributed by atoms with Gasteiger partial charge in [0.15, 0.2) is 6.04 Å². The fraction of sp³-hybridized carbons (Fsp3) is 0.286. The molecule has 0 bridgehead atoms. The van der Waals surface area contributed by atoms with Crippen LogP contribution in [-0.4, -0.2) is 17.0 Å². The molecular weight excluding hydrogens is 266 g/mol. The molecule has 1 amide bonds. The Morgan fingerprint density at radius 1 is 1.21 bits per heavy atom. The maximum atomic E-state index is 12.0. The van der Waals surface area contributed by atoms with Gasteiger partial charge in [-0.1, -0.05) is 35.9 Å². The summed E-state index contributed by atoms with van der Waals surface area (Å²) in [5.74, 6) is -1.47. The summed E-state index contributed by atoms with van der Waals surface area (Å²) >= 11 is 5.76. The molecule has 0 radical (unpaired) electrons. The lowest BCUT2D eigenvalue weighted by atomic mass is 10.0. The molecule has 0 aromatic heterocycles. The maximum absolute atomic E-state index is 12.0. The fourth-order valence-electron chi connectivity index (χ4n) is 2.03. The minimum atomic E-state index is -1.08. The first kappa shape index (κ1) is 13.6. The summed E-state index contributed by atoms with van der Waals surface area (Å²) in [5.41, 5.74) is 0.510. The van der Waals surface area contributed by atoms with E-state index in [0.717, 1.165) is 0 Å². The van der Waals surface area contributed by atoms with Crippen molar-refractivity contribution >= 4 is 23.5 Å². The summed E-state index contributed by atoms with van der Waals surface area (Å²) < 4.78 is 0. The molecule has 1 aliphatic rings. The van der Waals surface area contributed by atoms with Crippen molar-refractivity contribution < 1.29 is 14.7 Å². The molecule has 0 saturated heterocycles. The number of hydrogen-bond acceptors (Lipinski definition) is 2. The highest BCUT2D eigenvalue weighted by molar-refractivity contribution is 6.30. The van der Waals surface area contributed by atoms with Gasteiger partial charge in [-0.2, -0.15) is 0 Å². The molecule has 1 aromatic carbocycles. The topological polar surface area (TPSA) is 66.4 Å². The highest BCUT2D eigenvalue weighted by atomic mass is 35.5. The lowest BCUT2D eigenvalue weighted by molar-refractivity contribution is -0.142. The Bertz CT molecular complexity index is 502. The van der Waals surface area contributed by atoms with Gasteiger partial charge in [0.25, 0.3) is 0 Å². The van der Waals surface area contributed by atoms with E-state index in [9.17, 15) is 14.7 Å². The average Bonchev–Trinajstić information content (AvgIpc) is 2.90. The zero-order valence-electron chi connectivity index (χ0n) is 10.2. The molecule has 0 saturated carbocycles. The normalized spacial score (nSPS) is 16.3. The molecule has 2 rings (SSSR count). The van der Waals surface area contributed by atoms with Crippen molar-refractivity contribution in [3.05, 3.63) is 47.0 Å². The Balaban J connectivity index is 2.10. The molecule has 1 atom stereocenters. The summed E-state index contributed by atoms with van der Waals surface area (Å²) in [7, 11) is 0. The summed E-state index contributed by atoms with van der Waals surface area (Å²) in [6, 6.07) is 5.39. The zero-order chi connectivity index (χ0) is 13.8. The fourth-order valence-corrected chi connectivity index (χ4v) is 2.16. The first-order valence-corrected chi connectivity index (χ1v) is 6.39. The number of carboxylic acid groups (broad SMARTS) is 1. The number of benzene rings is 1. The molecule has 19 heavy (non-hydrogen) atoms. The van der Waals surface area contributed by atoms with Gasteiger partial charge in [0.2, 0.25) is 5.91 Å². The Labute approximate surface area is 116 Å². The smallest absolute Gasteiger partial charge is 0.330 e. The number of halogens is 1. The minimum absolute atomic E-state index is 0.158. The van der Waals surface area contributed by atoms with Gasteiger partial charge in [0.1, 0.15) is 0 Å². The van der Waals surface area contributed by atoms with E-state index < -0.39 is 12.0 Å². The van der Waals surface area contributed by atoms with Gasteiger partial charge >= 0.3 is 5.97 Å². The molecule has 1 aromatic rings. The average molecular weight is 280 g/mol. The van der Waals surface area contributed by atoms with Gasteiger partial charge in [0, 0.05) is 10.9 Å². The van der Waals surface area contributed by atoms with Crippen LogP contribution in [0.3, 0.4) is 0 Å². The van der Waals surface area contributed by atoms with E-state index in [1.165, 1.54) is 0 Å². The molecule has 0 fully saturated rings. The van der Waals surface area contributed by atoms with Crippen molar-refractivity contribution in [1.82, 2.24) is 5.32 Å². The number of allylic oxidation sites excluding steroid dienone is 2. The van der Waals surface area contributed by atoms with Crippen LogP contribution in [0.25, 0.3) is 0 Å². The van der Waals surface area contributed by atoms with E-state index in [0.29, 0.717) is 23.4 Å². The standard InChI is InChI=1S/C14H14ClNO3/c15-11-7-5-9(6-8-11)12(14(18)19)16-13(17)10-3-1-2-4-10/h1-2,5-8,10,12H,3-4H2,(H,16,17)(H,18,19). The van der Waals surface area contributed by atoms with Gasteiger partial charge in [-0.05, 0) is 30.5 Å². The predicted molar refractivity (Wildman–Crippen MR) is 71.8 cm³/mol. The molecule has 0 spiro atoms. The van der Waals surface area contributed by atoms with Crippen molar-refractivity contribution in [2.24, 2.45) is 5.92 Å². The predicted octanol–water partition coefficient (Wildman–Crippen LogP) is 2.55. The first-order valence-electron chi connectivity index (χ1n) is 6.01. The van der Waals surface area contributed by atoms with E-state index in [-0.39, 0.29) is 11.8 Å². The quantitative estimate of drug-likeness (QED) is 0.833. The van der Waals surface area contributed by atoms with Crippen molar-refractivity contribution in [2.45, 2.75) is 18.9 Å². The van der Waals surface area contributed by atoms with Gasteiger partial charge in [-0.3, -0.25) is 4.79 Å². The van der Waals surface area contributed by atoms with Gasteiger partial charge < -0.3 is 10.4 Å². The first-order chi connectivity index (χ1) is 9.08. The van der Waals surface area contributed by atoms with Crippen LogP contribution in [0.2, 0.25) is 5.02 Å². The summed E-state index contributed by atoms with van der Waals surface area (Å²) in [5, 5.41) is 12.3. The van der Waals surface area contributed by atoms with Crippen LogP contribution in [0.1, 0.15) is 24.4 Å². The third kappa shape index (κ3) is 3.35. The summed E-state index contributed by atoms with van der Waals surface area (Å²) in [6.07, 6.45) is 5.20. The third-order valence-electron chi connectivity index (χ3n) is 3.12. The SMILES string of the molecule is O=C(NC(C(=O)O)c1ccc(Cl)cc1)C1CC=CC1. The van der Waals surface area contributed by atoms with Crippen LogP contribution >= 0.6 is 11.6 Å². The molecule has 4 nitrogen and oxygen atoms in total. The second-order valence-corrected chi connectivity index (χ2v) is 4.91. The number of rotatable bonds is 4. The Morgan fingerprint density at radius 2 is 1.79 bits per heavy atom.